The van der Waals surface area contributed by atoms with Gasteiger partial charge in [-0.3, -0.25) is 0 Å². The predicted octanol–water partition coefficient (Wildman–Crippen LogP) is 10.1. The van der Waals surface area contributed by atoms with Crippen LogP contribution in [0.1, 0.15) is 16.7 Å². The summed E-state index contributed by atoms with van der Waals surface area (Å²) in [5.74, 6) is 2.75. The van der Waals surface area contributed by atoms with E-state index in [1.165, 1.54) is 0 Å². The van der Waals surface area contributed by atoms with Gasteiger partial charge in [0.2, 0.25) is 0 Å². The zero-order valence-corrected chi connectivity index (χ0v) is 26.4. The average molecular weight is 645 g/mol. The van der Waals surface area contributed by atoms with Gasteiger partial charge in [0.05, 0.1) is 0 Å². The Balaban J connectivity index is 1.13. The molecule has 0 saturated heterocycles. The molecule has 236 valence electrons. The molecule has 6 aromatic carbocycles. The Morgan fingerprint density at radius 3 is 0.809 bits per heavy atom. The third kappa shape index (κ3) is 9.67. The number of ether oxygens (including phenoxy) is 3. The molecule has 6 aromatic rings. The van der Waals surface area contributed by atoms with Gasteiger partial charge in [-0.05, 0) is 89.5 Å². The van der Waals surface area contributed by atoms with Crippen molar-refractivity contribution >= 4 is 7.82 Å². The molecule has 0 aliphatic carbocycles. The van der Waals surface area contributed by atoms with Gasteiger partial charge in [0.1, 0.15) is 54.3 Å². The molecule has 0 amide bonds. The third-order valence-electron chi connectivity index (χ3n) is 6.87. The highest BCUT2D eigenvalue weighted by Gasteiger charge is 2.33. The fourth-order valence-electron chi connectivity index (χ4n) is 4.46. The Labute approximate surface area is 274 Å². The lowest BCUT2D eigenvalue weighted by molar-refractivity contribution is 0.292. The van der Waals surface area contributed by atoms with Crippen LogP contribution in [0.4, 0.5) is 0 Å². The van der Waals surface area contributed by atoms with E-state index in [9.17, 15) is 4.57 Å². The van der Waals surface area contributed by atoms with Gasteiger partial charge in [-0.2, -0.15) is 4.57 Å². The molecule has 6 rings (SSSR count). The maximum absolute atomic E-state index is 14.1. The lowest BCUT2D eigenvalue weighted by Gasteiger charge is -2.20. The van der Waals surface area contributed by atoms with Crippen molar-refractivity contribution in [2.45, 2.75) is 19.8 Å². The molecular formula is C39H33O7P. The lowest BCUT2D eigenvalue weighted by atomic mass is 10.2. The number of hydrogen-bond donors (Lipinski definition) is 0. The second-order valence-electron chi connectivity index (χ2n) is 10.5. The summed E-state index contributed by atoms with van der Waals surface area (Å²) in [7, 11) is -4.24. The smallest absolute Gasteiger partial charge is 0.489 e. The van der Waals surface area contributed by atoms with E-state index in [-0.39, 0.29) is 17.2 Å². The number of phosphoric acid groups is 1. The lowest BCUT2D eigenvalue weighted by Crippen LogP contribution is -2.07. The van der Waals surface area contributed by atoms with Crippen LogP contribution in [0, 0.1) is 0 Å². The van der Waals surface area contributed by atoms with E-state index in [1.54, 1.807) is 72.8 Å². The zero-order chi connectivity index (χ0) is 32.2. The van der Waals surface area contributed by atoms with Crippen molar-refractivity contribution in [1.29, 1.82) is 0 Å². The molecule has 0 radical (unpaired) electrons. The summed E-state index contributed by atoms with van der Waals surface area (Å²) < 4.78 is 49.5. The van der Waals surface area contributed by atoms with Gasteiger partial charge in [0.15, 0.2) is 0 Å². The molecule has 0 fully saturated rings. The van der Waals surface area contributed by atoms with E-state index >= 15 is 0 Å². The number of hydrogen-bond acceptors (Lipinski definition) is 7. The van der Waals surface area contributed by atoms with Gasteiger partial charge in [0, 0.05) is 0 Å². The average Bonchev–Trinajstić information content (AvgIpc) is 3.12. The Bertz CT molecular complexity index is 1630. The minimum Gasteiger partial charge on any atom is -0.489 e. The quantitative estimate of drug-likeness (QED) is 0.103. The molecule has 0 atom stereocenters. The first-order valence-corrected chi connectivity index (χ1v) is 16.5. The highest BCUT2D eigenvalue weighted by atomic mass is 31.2. The standard InChI is InChI=1S/C39H33O7P/c40-47(44-37-22-16-34(17-23-37)41-28-31-10-4-1-5-11-31,45-38-24-18-35(19-25-38)42-29-32-12-6-2-7-13-32)46-39-26-20-36(21-27-39)43-30-33-14-8-3-9-15-33/h1-27H,28-30H2. The fraction of sp³-hybridized carbons (Fsp3) is 0.0769. The summed E-state index contributed by atoms with van der Waals surface area (Å²) in [6, 6.07) is 49.9. The molecule has 0 spiro atoms. The topological polar surface area (TPSA) is 72.5 Å². The zero-order valence-electron chi connectivity index (χ0n) is 25.5. The maximum Gasteiger partial charge on any atom is 0.647 e. The second kappa shape index (κ2) is 15.6. The molecule has 0 aromatic heterocycles. The van der Waals surface area contributed by atoms with Crippen molar-refractivity contribution in [3.8, 4) is 34.5 Å². The molecule has 0 bridgehead atoms. The summed E-state index contributed by atoms with van der Waals surface area (Å²) in [5.41, 5.74) is 3.14. The predicted molar refractivity (Wildman–Crippen MR) is 181 cm³/mol. The van der Waals surface area contributed by atoms with Crippen molar-refractivity contribution in [2.24, 2.45) is 0 Å². The fourth-order valence-corrected chi connectivity index (χ4v) is 5.71. The maximum atomic E-state index is 14.1. The van der Waals surface area contributed by atoms with E-state index in [4.69, 9.17) is 27.8 Å². The van der Waals surface area contributed by atoms with Crippen molar-refractivity contribution in [3.05, 3.63) is 180 Å². The molecule has 0 heterocycles. The van der Waals surface area contributed by atoms with Gasteiger partial charge in [-0.1, -0.05) is 91.0 Å². The molecule has 0 aliphatic rings. The Kier molecular flexibility index (Phi) is 10.4. The molecule has 8 heteroatoms. The van der Waals surface area contributed by atoms with E-state index in [1.807, 2.05) is 91.0 Å². The van der Waals surface area contributed by atoms with Crippen LogP contribution in [0.25, 0.3) is 0 Å². The highest BCUT2D eigenvalue weighted by Crippen LogP contribution is 2.50. The molecule has 0 N–H and O–H groups in total. The molecule has 7 nitrogen and oxygen atoms in total. The first kappa shape index (κ1) is 31.3. The Hall–Kier alpha value is -5.65. The number of phosphoric ester groups is 1. The summed E-state index contributed by atoms with van der Waals surface area (Å²) in [6.07, 6.45) is 0. The molecule has 0 unspecified atom stereocenters. The summed E-state index contributed by atoms with van der Waals surface area (Å²) in [6.45, 7) is 1.26. The first-order valence-electron chi connectivity index (χ1n) is 15.1. The van der Waals surface area contributed by atoms with Crippen molar-refractivity contribution in [3.63, 3.8) is 0 Å². The summed E-state index contributed by atoms with van der Waals surface area (Å²) in [4.78, 5) is 0. The van der Waals surface area contributed by atoms with Crippen molar-refractivity contribution < 1.29 is 32.3 Å². The number of benzene rings is 6. The third-order valence-corrected chi connectivity index (χ3v) is 8.17. The normalized spacial score (nSPS) is 10.9. The summed E-state index contributed by atoms with van der Waals surface area (Å²) >= 11 is 0. The number of rotatable bonds is 15. The molecule has 0 aliphatic heterocycles. The molecule has 47 heavy (non-hydrogen) atoms. The minimum absolute atomic E-state index is 0.283. The van der Waals surface area contributed by atoms with Crippen LogP contribution in [-0.2, 0) is 24.4 Å². The Morgan fingerprint density at radius 1 is 0.319 bits per heavy atom. The summed E-state index contributed by atoms with van der Waals surface area (Å²) in [5, 5.41) is 0. The van der Waals surface area contributed by atoms with Crippen LogP contribution in [0.5, 0.6) is 34.5 Å². The van der Waals surface area contributed by atoms with E-state index in [2.05, 4.69) is 0 Å². The van der Waals surface area contributed by atoms with Gasteiger partial charge in [0.25, 0.3) is 0 Å². The van der Waals surface area contributed by atoms with Crippen LogP contribution < -0.4 is 27.8 Å². The largest absolute Gasteiger partial charge is 0.647 e. The van der Waals surface area contributed by atoms with E-state index in [0.29, 0.717) is 37.1 Å². The van der Waals surface area contributed by atoms with E-state index < -0.39 is 7.82 Å². The monoisotopic (exact) mass is 644 g/mol. The van der Waals surface area contributed by atoms with Crippen LogP contribution >= 0.6 is 7.82 Å². The van der Waals surface area contributed by atoms with Crippen LogP contribution in [0.2, 0.25) is 0 Å². The molecule has 0 saturated carbocycles. The van der Waals surface area contributed by atoms with Crippen LogP contribution in [0.15, 0.2) is 164 Å². The Morgan fingerprint density at radius 2 is 0.553 bits per heavy atom. The molecular weight excluding hydrogens is 611 g/mol. The van der Waals surface area contributed by atoms with Gasteiger partial charge in [-0.15, -0.1) is 0 Å². The minimum atomic E-state index is -4.24. The van der Waals surface area contributed by atoms with Crippen molar-refractivity contribution in [2.75, 3.05) is 0 Å². The van der Waals surface area contributed by atoms with Crippen LogP contribution in [0.3, 0.4) is 0 Å². The highest BCUT2D eigenvalue weighted by molar-refractivity contribution is 7.49. The second-order valence-corrected chi connectivity index (χ2v) is 11.9. The van der Waals surface area contributed by atoms with Crippen LogP contribution in [-0.4, -0.2) is 0 Å². The van der Waals surface area contributed by atoms with Crippen molar-refractivity contribution in [1.82, 2.24) is 0 Å². The van der Waals surface area contributed by atoms with Gasteiger partial charge < -0.3 is 27.8 Å². The first-order chi connectivity index (χ1) is 23.1. The van der Waals surface area contributed by atoms with E-state index in [0.717, 1.165) is 16.7 Å². The van der Waals surface area contributed by atoms with Gasteiger partial charge >= 0.3 is 7.82 Å². The SMILES string of the molecule is O=P(Oc1ccc(OCc2ccccc2)cc1)(Oc1ccc(OCc2ccccc2)cc1)Oc1ccc(OCc2ccccc2)cc1. The van der Waals surface area contributed by atoms with Gasteiger partial charge in [-0.25, -0.2) is 0 Å².